The zero-order valence-corrected chi connectivity index (χ0v) is 22.4. The Hall–Kier alpha value is -5.19. The molecule has 2 unspecified atom stereocenters. The highest BCUT2D eigenvalue weighted by Crippen LogP contribution is 2.44. The molecule has 5 heterocycles. The average molecular weight is 549 g/mol. The third-order valence-electron chi connectivity index (χ3n) is 7.35. The van der Waals surface area contributed by atoms with Gasteiger partial charge in [0.15, 0.2) is 17.4 Å². The van der Waals surface area contributed by atoms with Gasteiger partial charge >= 0.3 is 0 Å². The van der Waals surface area contributed by atoms with Gasteiger partial charge in [-0.3, -0.25) is 4.79 Å². The summed E-state index contributed by atoms with van der Waals surface area (Å²) < 4.78 is 14.3. The molecule has 0 saturated heterocycles. The van der Waals surface area contributed by atoms with Crippen LogP contribution in [0.2, 0.25) is 0 Å². The topological polar surface area (TPSA) is 119 Å². The fraction of sp³-hybridized carbons (Fsp3) is 0.233. The first kappa shape index (κ1) is 24.8. The molecule has 1 aromatic carbocycles. The van der Waals surface area contributed by atoms with Gasteiger partial charge in [-0.05, 0) is 49.2 Å². The standard InChI is InChI=1S/C30H28N8O3/c1-3-27(39)32-8-11-38-16-19-13-24(19)41-25-15-22-28(36-30(25)38)29(34-17-33-22)35-20-4-5-23(18(2)12-20)40-21-6-9-37-10-7-31-26(37)14-21/h3-7,9-10,12,14-15,17,19,24H,1,8,11,13,16H2,2H3,(H,32,39)(H,33,34,35). The summed E-state index contributed by atoms with van der Waals surface area (Å²) >= 11 is 0. The van der Waals surface area contributed by atoms with Gasteiger partial charge in [-0.2, -0.15) is 0 Å². The number of nitrogens with zero attached hydrogens (tertiary/aromatic N) is 6. The Morgan fingerprint density at radius 1 is 1.20 bits per heavy atom. The number of aryl methyl sites for hydroxylation is 1. The van der Waals surface area contributed by atoms with Crippen LogP contribution in [0.1, 0.15) is 12.0 Å². The van der Waals surface area contributed by atoms with E-state index in [0.717, 1.165) is 41.4 Å². The van der Waals surface area contributed by atoms with E-state index in [1.54, 1.807) is 6.20 Å². The lowest BCUT2D eigenvalue weighted by Gasteiger charge is -2.24. The Kier molecular flexibility index (Phi) is 6.11. The summed E-state index contributed by atoms with van der Waals surface area (Å²) in [6.07, 6.45) is 9.57. The van der Waals surface area contributed by atoms with Crippen LogP contribution in [-0.2, 0) is 4.79 Å². The van der Waals surface area contributed by atoms with Gasteiger partial charge in [0.25, 0.3) is 0 Å². The second-order valence-corrected chi connectivity index (χ2v) is 10.3. The van der Waals surface area contributed by atoms with Crippen molar-refractivity contribution in [3.63, 3.8) is 0 Å². The molecule has 1 fully saturated rings. The van der Waals surface area contributed by atoms with Gasteiger partial charge in [0.2, 0.25) is 5.91 Å². The minimum absolute atomic E-state index is 0.186. The van der Waals surface area contributed by atoms with E-state index in [2.05, 4.69) is 37.1 Å². The van der Waals surface area contributed by atoms with Crippen LogP contribution in [0.4, 0.5) is 17.3 Å². The number of amides is 1. The van der Waals surface area contributed by atoms with E-state index in [1.165, 1.54) is 12.4 Å². The van der Waals surface area contributed by atoms with Crippen molar-refractivity contribution in [2.45, 2.75) is 19.4 Å². The Labute approximate surface area is 235 Å². The van der Waals surface area contributed by atoms with Gasteiger partial charge in [0.1, 0.15) is 35.1 Å². The van der Waals surface area contributed by atoms with Crippen LogP contribution in [0.25, 0.3) is 16.7 Å². The molecule has 206 valence electrons. The maximum Gasteiger partial charge on any atom is 0.243 e. The number of fused-ring (bicyclic) bond motifs is 4. The molecule has 1 amide bonds. The maximum atomic E-state index is 11.7. The zero-order valence-electron chi connectivity index (χ0n) is 22.4. The van der Waals surface area contributed by atoms with Crippen molar-refractivity contribution in [1.29, 1.82) is 0 Å². The third-order valence-corrected chi connectivity index (χ3v) is 7.35. The number of hydrogen-bond acceptors (Lipinski definition) is 9. The molecule has 0 spiro atoms. The lowest BCUT2D eigenvalue weighted by molar-refractivity contribution is -0.116. The number of aromatic nitrogens is 5. The number of carbonyl (C=O) groups is 1. The van der Waals surface area contributed by atoms with Gasteiger partial charge in [0.05, 0.1) is 5.52 Å². The van der Waals surface area contributed by atoms with Crippen molar-refractivity contribution in [3.05, 3.63) is 79.5 Å². The summed E-state index contributed by atoms with van der Waals surface area (Å²) in [5.74, 6) is 3.72. The number of ether oxygens (including phenoxy) is 2. The predicted molar refractivity (Wildman–Crippen MR) is 155 cm³/mol. The Morgan fingerprint density at radius 2 is 2.12 bits per heavy atom. The SMILES string of the molecule is C=CC(=O)NCCN1CC2CC2Oc2cc3ncnc(Nc4ccc(Oc5ccn6ccnc6c5)c(C)c4)c3nc21. The number of nitrogens with one attached hydrogen (secondary N) is 2. The van der Waals surface area contributed by atoms with E-state index < -0.39 is 0 Å². The van der Waals surface area contributed by atoms with E-state index in [4.69, 9.17) is 14.5 Å². The molecule has 11 heteroatoms. The molecule has 1 saturated carbocycles. The highest BCUT2D eigenvalue weighted by Gasteiger charge is 2.44. The van der Waals surface area contributed by atoms with Crippen LogP contribution in [0, 0.1) is 12.8 Å². The molecule has 11 nitrogen and oxygen atoms in total. The number of imidazole rings is 1. The highest BCUT2D eigenvalue weighted by atomic mass is 16.5. The first-order valence-electron chi connectivity index (χ1n) is 13.5. The van der Waals surface area contributed by atoms with E-state index in [0.29, 0.717) is 47.4 Å². The Balaban J connectivity index is 1.15. The van der Waals surface area contributed by atoms with Gasteiger partial charge in [0, 0.05) is 62.0 Å². The molecule has 2 aliphatic rings. The normalized spacial score (nSPS) is 17.2. The lowest BCUT2D eigenvalue weighted by Crippen LogP contribution is -2.35. The van der Waals surface area contributed by atoms with Crippen LogP contribution in [0.5, 0.6) is 17.2 Å². The van der Waals surface area contributed by atoms with Crippen LogP contribution in [-0.4, -0.2) is 56.0 Å². The largest absolute Gasteiger partial charge is 0.486 e. The molecule has 4 aromatic heterocycles. The van der Waals surface area contributed by atoms with Crippen molar-refractivity contribution >= 4 is 39.9 Å². The quantitative estimate of drug-likeness (QED) is 0.272. The zero-order chi connectivity index (χ0) is 27.9. The molecule has 41 heavy (non-hydrogen) atoms. The fourth-order valence-electron chi connectivity index (χ4n) is 5.10. The van der Waals surface area contributed by atoms with E-state index >= 15 is 0 Å². The van der Waals surface area contributed by atoms with E-state index in [-0.39, 0.29) is 12.0 Å². The molecule has 2 atom stereocenters. The van der Waals surface area contributed by atoms with Crippen molar-refractivity contribution < 1.29 is 14.3 Å². The molecule has 1 aliphatic carbocycles. The monoisotopic (exact) mass is 548 g/mol. The van der Waals surface area contributed by atoms with Gasteiger partial charge in [-0.15, -0.1) is 0 Å². The maximum absolute atomic E-state index is 11.7. The Morgan fingerprint density at radius 3 is 3.00 bits per heavy atom. The second-order valence-electron chi connectivity index (χ2n) is 10.3. The first-order valence-corrected chi connectivity index (χ1v) is 13.5. The lowest BCUT2D eigenvalue weighted by atomic mass is 10.2. The second kappa shape index (κ2) is 10.1. The predicted octanol–water partition coefficient (Wildman–Crippen LogP) is 4.41. The molecular weight excluding hydrogens is 520 g/mol. The first-order chi connectivity index (χ1) is 20.0. The van der Waals surface area contributed by atoms with Gasteiger partial charge in [-0.25, -0.2) is 19.9 Å². The van der Waals surface area contributed by atoms with Gasteiger partial charge < -0.3 is 29.4 Å². The number of benzene rings is 1. The van der Waals surface area contributed by atoms with Crippen LogP contribution < -0.4 is 25.0 Å². The third kappa shape index (κ3) is 4.97. The van der Waals surface area contributed by atoms with Crippen LogP contribution in [0.3, 0.4) is 0 Å². The summed E-state index contributed by atoms with van der Waals surface area (Å²) in [6.45, 7) is 7.40. The number of anilines is 3. The molecule has 7 rings (SSSR count). The van der Waals surface area contributed by atoms with E-state index in [1.807, 2.05) is 60.1 Å². The van der Waals surface area contributed by atoms with Crippen LogP contribution in [0.15, 0.2) is 74.0 Å². The minimum Gasteiger partial charge on any atom is -0.486 e. The molecule has 0 radical (unpaired) electrons. The van der Waals surface area contributed by atoms with Crippen molar-refractivity contribution in [1.82, 2.24) is 29.7 Å². The summed E-state index contributed by atoms with van der Waals surface area (Å²) in [4.78, 5) is 32.1. The molecular formula is C30H28N8O3. The summed E-state index contributed by atoms with van der Waals surface area (Å²) in [5, 5.41) is 6.26. The van der Waals surface area contributed by atoms with E-state index in [9.17, 15) is 4.79 Å². The highest BCUT2D eigenvalue weighted by molar-refractivity contribution is 5.90. The minimum atomic E-state index is -0.197. The summed E-state index contributed by atoms with van der Waals surface area (Å²) in [7, 11) is 0. The van der Waals surface area contributed by atoms with Crippen LogP contribution >= 0.6 is 0 Å². The van der Waals surface area contributed by atoms with Crippen molar-refractivity contribution in [2.24, 2.45) is 5.92 Å². The van der Waals surface area contributed by atoms with Crippen molar-refractivity contribution in [3.8, 4) is 17.2 Å². The average Bonchev–Trinajstić information content (AvgIpc) is 3.56. The molecule has 1 aliphatic heterocycles. The molecule has 2 N–H and O–H groups in total. The smallest absolute Gasteiger partial charge is 0.243 e. The Bertz CT molecular complexity index is 1800. The molecule has 0 bridgehead atoms. The fourth-order valence-corrected chi connectivity index (χ4v) is 5.10. The number of hydrogen-bond donors (Lipinski definition) is 2. The van der Waals surface area contributed by atoms with Crippen molar-refractivity contribution in [2.75, 3.05) is 29.9 Å². The van der Waals surface area contributed by atoms with Gasteiger partial charge in [-0.1, -0.05) is 6.58 Å². The number of pyridine rings is 2. The summed E-state index contributed by atoms with van der Waals surface area (Å²) in [6, 6.07) is 11.6. The summed E-state index contributed by atoms with van der Waals surface area (Å²) in [5.41, 5.74) is 3.94. The number of rotatable bonds is 8. The number of carbonyl (C=O) groups excluding carboxylic acids is 1. The molecule has 5 aromatic rings.